The summed E-state index contributed by atoms with van der Waals surface area (Å²) in [6.07, 6.45) is 0.0401. The number of carbonyl (C=O) groups is 1. The van der Waals surface area contributed by atoms with Crippen molar-refractivity contribution in [2.24, 2.45) is 0 Å². The highest BCUT2D eigenvalue weighted by molar-refractivity contribution is 5.94. The first-order chi connectivity index (χ1) is 12.3. The molecule has 0 aliphatic carbocycles. The van der Waals surface area contributed by atoms with Gasteiger partial charge in [0, 0.05) is 25.2 Å². The molecule has 132 valence electrons. The maximum Gasteiger partial charge on any atom is 0.251 e. The Labute approximate surface area is 148 Å². The molecule has 0 spiro atoms. The first kappa shape index (κ1) is 17.5. The van der Waals surface area contributed by atoms with E-state index in [1.807, 2.05) is 55.5 Å². The summed E-state index contributed by atoms with van der Waals surface area (Å²) >= 11 is 0. The average Bonchev–Trinajstić information content (AvgIpc) is 2.67. The minimum atomic E-state index is -0.0798. The number of benzene rings is 2. The highest BCUT2D eigenvalue weighted by atomic mass is 16.5. The number of ether oxygens (including phenoxy) is 2. The van der Waals surface area contributed by atoms with Crippen LogP contribution in [0.15, 0.2) is 48.5 Å². The van der Waals surface area contributed by atoms with E-state index in [0.29, 0.717) is 25.3 Å². The van der Waals surface area contributed by atoms with E-state index in [9.17, 15) is 4.79 Å². The van der Waals surface area contributed by atoms with Gasteiger partial charge in [-0.2, -0.15) is 0 Å². The van der Waals surface area contributed by atoms with E-state index in [-0.39, 0.29) is 12.0 Å². The predicted octanol–water partition coefficient (Wildman–Crippen LogP) is 2.47. The maximum atomic E-state index is 12.3. The molecule has 1 fully saturated rings. The van der Waals surface area contributed by atoms with Crippen molar-refractivity contribution in [1.82, 2.24) is 10.6 Å². The molecule has 0 saturated carbocycles. The molecule has 1 amide bonds. The zero-order valence-corrected chi connectivity index (χ0v) is 14.5. The minimum absolute atomic E-state index is 0.0401. The highest BCUT2D eigenvalue weighted by Crippen LogP contribution is 2.24. The second-order valence-electron chi connectivity index (χ2n) is 5.95. The molecule has 2 aromatic rings. The quantitative estimate of drug-likeness (QED) is 0.848. The molecule has 5 nitrogen and oxygen atoms in total. The van der Waals surface area contributed by atoms with Crippen LogP contribution in [-0.4, -0.2) is 44.9 Å². The summed E-state index contributed by atoms with van der Waals surface area (Å²) in [5.74, 6) is 0.770. The molecule has 0 bridgehead atoms. The summed E-state index contributed by atoms with van der Waals surface area (Å²) in [6, 6.07) is 15.6. The van der Waals surface area contributed by atoms with Crippen molar-refractivity contribution >= 4 is 5.91 Å². The Hall–Kier alpha value is -2.37. The largest absolute Gasteiger partial charge is 0.494 e. The number of carbonyl (C=O) groups excluding carboxylic acids is 1. The van der Waals surface area contributed by atoms with Gasteiger partial charge in [-0.25, -0.2) is 0 Å². The summed E-state index contributed by atoms with van der Waals surface area (Å²) in [5.41, 5.74) is 2.77. The average molecular weight is 340 g/mol. The molecule has 3 rings (SSSR count). The van der Waals surface area contributed by atoms with E-state index >= 15 is 0 Å². The molecule has 1 aliphatic heterocycles. The summed E-state index contributed by atoms with van der Waals surface area (Å²) < 4.78 is 11.1. The maximum absolute atomic E-state index is 12.3. The Bertz CT molecular complexity index is 694. The summed E-state index contributed by atoms with van der Waals surface area (Å²) in [6.45, 7) is 5.46. The van der Waals surface area contributed by atoms with Gasteiger partial charge in [0.05, 0.1) is 19.3 Å². The van der Waals surface area contributed by atoms with Gasteiger partial charge in [-0.1, -0.05) is 24.3 Å². The van der Waals surface area contributed by atoms with Crippen LogP contribution in [0, 0.1) is 0 Å². The van der Waals surface area contributed by atoms with E-state index < -0.39 is 0 Å². The summed E-state index contributed by atoms with van der Waals surface area (Å²) in [5, 5.41) is 6.18. The third-order valence-corrected chi connectivity index (χ3v) is 4.12. The van der Waals surface area contributed by atoms with Gasteiger partial charge in [0.15, 0.2) is 0 Å². The smallest absolute Gasteiger partial charge is 0.251 e. The molecule has 1 aliphatic rings. The van der Waals surface area contributed by atoms with Gasteiger partial charge in [-0.15, -0.1) is 0 Å². The lowest BCUT2D eigenvalue weighted by atomic mass is 10.0. The van der Waals surface area contributed by atoms with E-state index in [2.05, 4.69) is 10.6 Å². The van der Waals surface area contributed by atoms with Crippen molar-refractivity contribution in [1.29, 1.82) is 0 Å². The Morgan fingerprint density at radius 2 is 2.08 bits per heavy atom. The zero-order valence-electron chi connectivity index (χ0n) is 14.5. The molecule has 1 heterocycles. The Morgan fingerprint density at radius 1 is 1.24 bits per heavy atom. The molecule has 1 atom stereocenters. The molecule has 0 aromatic heterocycles. The summed E-state index contributed by atoms with van der Waals surface area (Å²) in [7, 11) is 0. The first-order valence-electron chi connectivity index (χ1n) is 8.70. The molecule has 0 radical (unpaired) electrons. The van der Waals surface area contributed by atoms with Crippen molar-refractivity contribution in [2.75, 3.05) is 32.8 Å². The normalized spacial score (nSPS) is 17.1. The fourth-order valence-electron chi connectivity index (χ4n) is 2.81. The standard InChI is InChI=1S/C20H24N2O3/c1-2-24-18-5-3-4-17(12-18)15-6-8-16(9-7-15)20(23)22-14-19-13-21-10-11-25-19/h3-9,12,19,21H,2,10-11,13-14H2,1H3,(H,22,23)/t19-/m0/s1. The van der Waals surface area contributed by atoms with Gasteiger partial charge in [0.25, 0.3) is 5.91 Å². The van der Waals surface area contributed by atoms with Crippen LogP contribution in [0.25, 0.3) is 11.1 Å². The molecule has 2 N–H and O–H groups in total. The number of hydrogen-bond acceptors (Lipinski definition) is 4. The van der Waals surface area contributed by atoms with Gasteiger partial charge >= 0.3 is 0 Å². The third kappa shape index (κ3) is 4.81. The zero-order chi connectivity index (χ0) is 17.5. The number of nitrogens with one attached hydrogen (secondary N) is 2. The Kier molecular flexibility index (Phi) is 6.04. The van der Waals surface area contributed by atoms with Crippen LogP contribution < -0.4 is 15.4 Å². The molecular formula is C20H24N2O3. The molecule has 25 heavy (non-hydrogen) atoms. The van der Waals surface area contributed by atoms with Gasteiger partial charge < -0.3 is 20.1 Å². The van der Waals surface area contributed by atoms with Gasteiger partial charge in [-0.05, 0) is 42.3 Å². The van der Waals surface area contributed by atoms with Crippen molar-refractivity contribution in [3.8, 4) is 16.9 Å². The predicted molar refractivity (Wildman–Crippen MR) is 98.0 cm³/mol. The lowest BCUT2D eigenvalue weighted by Crippen LogP contribution is -2.45. The van der Waals surface area contributed by atoms with Crippen LogP contribution in [0.5, 0.6) is 5.75 Å². The van der Waals surface area contributed by atoms with Gasteiger partial charge in [0.2, 0.25) is 0 Å². The van der Waals surface area contributed by atoms with Crippen LogP contribution in [0.2, 0.25) is 0 Å². The van der Waals surface area contributed by atoms with E-state index in [0.717, 1.165) is 30.0 Å². The van der Waals surface area contributed by atoms with Crippen molar-refractivity contribution in [3.63, 3.8) is 0 Å². The molecule has 1 saturated heterocycles. The van der Waals surface area contributed by atoms with E-state index in [1.165, 1.54) is 0 Å². The Morgan fingerprint density at radius 3 is 2.80 bits per heavy atom. The second kappa shape index (κ2) is 8.65. The molecule has 5 heteroatoms. The summed E-state index contributed by atoms with van der Waals surface area (Å²) in [4.78, 5) is 12.3. The van der Waals surface area contributed by atoms with Crippen molar-refractivity contribution in [3.05, 3.63) is 54.1 Å². The lowest BCUT2D eigenvalue weighted by molar-refractivity contribution is 0.0287. The van der Waals surface area contributed by atoms with Crippen LogP contribution in [0.4, 0.5) is 0 Å². The van der Waals surface area contributed by atoms with Crippen LogP contribution in [-0.2, 0) is 4.74 Å². The van der Waals surface area contributed by atoms with Gasteiger partial charge in [0.1, 0.15) is 5.75 Å². The fourth-order valence-corrected chi connectivity index (χ4v) is 2.81. The second-order valence-corrected chi connectivity index (χ2v) is 5.95. The SMILES string of the molecule is CCOc1cccc(-c2ccc(C(=O)NC[C@@H]3CNCCO3)cc2)c1. The number of morpholine rings is 1. The molecule has 2 aromatic carbocycles. The number of rotatable bonds is 6. The number of amides is 1. The van der Waals surface area contributed by atoms with Crippen LogP contribution >= 0.6 is 0 Å². The van der Waals surface area contributed by atoms with Crippen molar-refractivity contribution < 1.29 is 14.3 Å². The van der Waals surface area contributed by atoms with E-state index in [4.69, 9.17) is 9.47 Å². The van der Waals surface area contributed by atoms with Gasteiger partial charge in [-0.3, -0.25) is 4.79 Å². The monoisotopic (exact) mass is 340 g/mol. The highest BCUT2D eigenvalue weighted by Gasteiger charge is 2.15. The third-order valence-electron chi connectivity index (χ3n) is 4.12. The van der Waals surface area contributed by atoms with Crippen LogP contribution in [0.1, 0.15) is 17.3 Å². The molecule has 0 unspecified atom stereocenters. The Balaban J connectivity index is 1.61. The van der Waals surface area contributed by atoms with Crippen molar-refractivity contribution in [2.45, 2.75) is 13.0 Å². The topological polar surface area (TPSA) is 59.6 Å². The molecular weight excluding hydrogens is 316 g/mol. The minimum Gasteiger partial charge on any atom is -0.494 e. The van der Waals surface area contributed by atoms with E-state index in [1.54, 1.807) is 0 Å². The number of hydrogen-bond donors (Lipinski definition) is 2. The van der Waals surface area contributed by atoms with Crippen LogP contribution in [0.3, 0.4) is 0 Å². The first-order valence-corrected chi connectivity index (χ1v) is 8.70. The lowest BCUT2D eigenvalue weighted by Gasteiger charge is -2.23. The fraction of sp³-hybridized carbons (Fsp3) is 0.350.